The summed E-state index contributed by atoms with van der Waals surface area (Å²) in [6.45, 7) is 5.31. The molecule has 3 heterocycles. The molecule has 0 unspecified atom stereocenters. The highest BCUT2D eigenvalue weighted by atomic mass is 35.5. The lowest BCUT2D eigenvalue weighted by Gasteiger charge is -2.15. The van der Waals surface area contributed by atoms with Crippen LogP contribution >= 0.6 is 11.6 Å². The van der Waals surface area contributed by atoms with Gasteiger partial charge in [-0.25, -0.2) is 8.78 Å². The number of hydrogen-bond acceptors (Lipinski definition) is 4. The number of halogens is 3. The molecule has 0 saturated carbocycles. The molecule has 132 valence electrons. The average Bonchev–Trinajstić information content (AvgIpc) is 2.92. The predicted molar refractivity (Wildman–Crippen MR) is 94.1 cm³/mol. The van der Waals surface area contributed by atoms with Crippen LogP contribution in [0.4, 0.5) is 8.78 Å². The molecule has 0 fully saturated rings. The van der Waals surface area contributed by atoms with Gasteiger partial charge in [0.05, 0.1) is 33.9 Å². The number of hydrogen-bond donors (Lipinski definition) is 0. The van der Waals surface area contributed by atoms with Gasteiger partial charge in [-0.1, -0.05) is 17.7 Å². The number of aliphatic imine (C=N–C) groups is 1. The zero-order chi connectivity index (χ0) is 18.6. The molecule has 0 bridgehead atoms. The van der Waals surface area contributed by atoms with Gasteiger partial charge < -0.3 is 0 Å². The Kier molecular flexibility index (Phi) is 3.84. The largest absolute Gasteiger partial charge is 0.279 e. The Bertz CT molecular complexity index is 1050. The highest BCUT2D eigenvalue weighted by Gasteiger charge is 2.30. The van der Waals surface area contributed by atoms with Crippen LogP contribution in [0.1, 0.15) is 41.4 Å². The Balaban J connectivity index is 2.14. The van der Waals surface area contributed by atoms with Crippen molar-refractivity contribution in [2.45, 2.75) is 26.8 Å². The number of aromatic nitrogens is 4. The molecule has 1 aliphatic rings. The fraction of sp³-hybridized carbons (Fsp3) is 0.222. The first-order valence-electron chi connectivity index (χ1n) is 8.00. The van der Waals surface area contributed by atoms with Crippen LogP contribution in [0.25, 0.3) is 5.69 Å². The maximum Gasteiger partial charge on any atom is 0.162 e. The van der Waals surface area contributed by atoms with Gasteiger partial charge in [0.2, 0.25) is 0 Å². The number of benzene rings is 1. The van der Waals surface area contributed by atoms with E-state index in [4.69, 9.17) is 11.6 Å². The van der Waals surface area contributed by atoms with Gasteiger partial charge in [-0.05, 0) is 32.9 Å². The van der Waals surface area contributed by atoms with Crippen LogP contribution in [0.2, 0.25) is 5.02 Å². The third kappa shape index (κ3) is 2.34. The van der Waals surface area contributed by atoms with E-state index in [0.29, 0.717) is 28.6 Å². The van der Waals surface area contributed by atoms with Gasteiger partial charge in [-0.2, -0.15) is 0 Å². The summed E-state index contributed by atoms with van der Waals surface area (Å²) in [7, 11) is 0. The molecule has 1 atom stereocenters. The summed E-state index contributed by atoms with van der Waals surface area (Å²) in [5.74, 6) is -0.249. The molecule has 0 aliphatic carbocycles. The Morgan fingerprint density at radius 2 is 1.77 bits per heavy atom. The van der Waals surface area contributed by atoms with Crippen LogP contribution < -0.4 is 0 Å². The van der Waals surface area contributed by atoms with E-state index in [1.165, 1.54) is 18.2 Å². The summed E-state index contributed by atoms with van der Waals surface area (Å²) in [6.07, 6.45) is 1.60. The summed E-state index contributed by atoms with van der Waals surface area (Å²) in [4.78, 5) is 8.87. The van der Waals surface area contributed by atoms with E-state index in [1.54, 1.807) is 31.5 Å². The Morgan fingerprint density at radius 1 is 1.08 bits per heavy atom. The fourth-order valence-electron chi connectivity index (χ4n) is 3.14. The molecule has 4 rings (SSSR count). The molecule has 8 heteroatoms. The number of aryl methyl sites for hydroxylation is 2. The first-order chi connectivity index (χ1) is 12.4. The van der Waals surface area contributed by atoms with Crippen LogP contribution in [-0.4, -0.2) is 25.5 Å². The van der Waals surface area contributed by atoms with Crippen LogP contribution in [-0.2, 0) is 0 Å². The smallest absolute Gasteiger partial charge is 0.162 e. The summed E-state index contributed by atoms with van der Waals surface area (Å²) >= 11 is 6.52. The second kappa shape index (κ2) is 5.95. The molecule has 2 aromatic heterocycles. The lowest BCUT2D eigenvalue weighted by atomic mass is 9.99. The van der Waals surface area contributed by atoms with E-state index >= 15 is 0 Å². The maximum absolute atomic E-state index is 14.5. The number of pyridine rings is 1. The standard InChI is InChI=1S/C18H14ClF2N5/c1-8-16(19)15-13(7-22-8)26-10(3)24-25-18(26)9(2)23-17(15)14-11(20)5-4-6-12(14)21/h4-7,9H,1-3H3/t9-/m0/s1. The van der Waals surface area contributed by atoms with Gasteiger partial charge in [0, 0.05) is 5.56 Å². The molecule has 0 spiro atoms. The van der Waals surface area contributed by atoms with Crippen LogP contribution in [0.5, 0.6) is 0 Å². The Labute approximate surface area is 153 Å². The number of nitrogens with zero attached hydrogens (tertiary/aromatic N) is 5. The van der Waals surface area contributed by atoms with E-state index in [2.05, 4.69) is 20.2 Å². The van der Waals surface area contributed by atoms with E-state index in [9.17, 15) is 8.78 Å². The molecule has 1 aromatic carbocycles. The molecular weight excluding hydrogens is 360 g/mol. The molecular formula is C18H14ClF2N5. The second-order valence-electron chi connectivity index (χ2n) is 6.11. The average molecular weight is 374 g/mol. The van der Waals surface area contributed by atoms with E-state index in [0.717, 1.165) is 0 Å². The fourth-order valence-corrected chi connectivity index (χ4v) is 3.38. The summed E-state index contributed by atoms with van der Waals surface area (Å²) in [5.41, 5.74) is 1.42. The number of fused-ring (bicyclic) bond motifs is 3. The summed E-state index contributed by atoms with van der Waals surface area (Å²) < 4.78 is 30.9. The monoisotopic (exact) mass is 373 g/mol. The van der Waals surface area contributed by atoms with Crippen molar-refractivity contribution in [2.24, 2.45) is 4.99 Å². The van der Waals surface area contributed by atoms with Gasteiger partial charge in [0.15, 0.2) is 5.82 Å². The minimum atomic E-state index is -0.707. The van der Waals surface area contributed by atoms with Crippen molar-refractivity contribution in [1.82, 2.24) is 19.7 Å². The maximum atomic E-state index is 14.5. The first kappa shape index (κ1) is 16.8. The summed E-state index contributed by atoms with van der Waals surface area (Å²) in [6, 6.07) is 3.23. The quantitative estimate of drug-likeness (QED) is 0.644. The minimum Gasteiger partial charge on any atom is -0.279 e. The van der Waals surface area contributed by atoms with Crippen LogP contribution in [0.15, 0.2) is 29.4 Å². The SMILES string of the molecule is Cc1ncc2c(c1Cl)C(c1c(F)cccc1F)=N[C@@H](C)c1nnc(C)n1-2. The van der Waals surface area contributed by atoms with E-state index in [1.807, 2.05) is 0 Å². The highest BCUT2D eigenvalue weighted by molar-refractivity contribution is 6.36. The van der Waals surface area contributed by atoms with Gasteiger partial charge in [-0.3, -0.25) is 14.5 Å². The molecule has 0 radical (unpaired) electrons. The van der Waals surface area contributed by atoms with Crippen LogP contribution in [0, 0.1) is 25.5 Å². The van der Waals surface area contributed by atoms with Crippen molar-refractivity contribution in [3.8, 4) is 5.69 Å². The normalized spacial score (nSPS) is 15.9. The molecule has 0 saturated heterocycles. The minimum absolute atomic E-state index is 0.142. The van der Waals surface area contributed by atoms with E-state index < -0.39 is 17.7 Å². The van der Waals surface area contributed by atoms with Crippen molar-refractivity contribution >= 4 is 17.3 Å². The van der Waals surface area contributed by atoms with Gasteiger partial charge >= 0.3 is 0 Å². The molecule has 3 aromatic rings. The van der Waals surface area contributed by atoms with Crippen molar-refractivity contribution in [1.29, 1.82) is 0 Å². The zero-order valence-corrected chi connectivity index (χ0v) is 15.0. The van der Waals surface area contributed by atoms with Gasteiger partial charge in [0.25, 0.3) is 0 Å². The topological polar surface area (TPSA) is 56.0 Å². The Hall–Kier alpha value is -2.67. The van der Waals surface area contributed by atoms with E-state index in [-0.39, 0.29) is 16.3 Å². The summed E-state index contributed by atoms with van der Waals surface area (Å²) in [5, 5.41) is 8.56. The first-order valence-corrected chi connectivity index (χ1v) is 8.38. The Morgan fingerprint density at radius 3 is 2.46 bits per heavy atom. The van der Waals surface area contributed by atoms with Crippen molar-refractivity contribution < 1.29 is 8.78 Å². The zero-order valence-electron chi connectivity index (χ0n) is 14.3. The van der Waals surface area contributed by atoms with Crippen LogP contribution in [0.3, 0.4) is 0 Å². The molecule has 5 nitrogen and oxygen atoms in total. The van der Waals surface area contributed by atoms with Crippen molar-refractivity contribution in [3.63, 3.8) is 0 Å². The lowest BCUT2D eigenvalue weighted by molar-refractivity contribution is 0.578. The lowest BCUT2D eigenvalue weighted by Crippen LogP contribution is -2.14. The third-order valence-corrected chi connectivity index (χ3v) is 4.86. The van der Waals surface area contributed by atoms with Gasteiger partial charge in [-0.15, -0.1) is 10.2 Å². The molecule has 1 aliphatic heterocycles. The predicted octanol–water partition coefficient (Wildman–Crippen LogP) is 4.12. The second-order valence-corrected chi connectivity index (χ2v) is 6.49. The van der Waals surface area contributed by atoms with Crippen molar-refractivity contribution in [3.05, 3.63) is 69.5 Å². The van der Waals surface area contributed by atoms with Gasteiger partial charge in [0.1, 0.15) is 23.5 Å². The molecule has 0 amide bonds. The highest BCUT2D eigenvalue weighted by Crippen LogP contribution is 2.35. The van der Waals surface area contributed by atoms with Crippen molar-refractivity contribution in [2.75, 3.05) is 0 Å². The third-order valence-electron chi connectivity index (χ3n) is 4.40. The molecule has 26 heavy (non-hydrogen) atoms. The number of rotatable bonds is 1. The molecule has 0 N–H and O–H groups in total.